The van der Waals surface area contributed by atoms with Crippen molar-refractivity contribution in [1.82, 2.24) is 15.4 Å². The van der Waals surface area contributed by atoms with E-state index in [9.17, 15) is 9.59 Å². The number of thiophene rings is 1. The highest BCUT2D eigenvalue weighted by molar-refractivity contribution is 7.08. The summed E-state index contributed by atoms with van der Waals surface area (Å²) in [4.78, 5) is 27.6. The number of nitrogens with zero attached hydrogens (tertiary/aromatic N) is 2. The number of benzene rings is 1. The molecule has 1 N–H and O–H groups in total. The summed E-state index contributed by atoms with van der Waals surface area (Å²) in [6.07, 6.45) is 2.64. The minimum atomic E-state index is -0.663. The topological polar surface area (TPSA) is 75.4 Å². The Kier molecular flexibility index (Phi) is 5.72. The average Bonchev–Trinajstić information content (AvgIpc) is 3.49. The van der Waals surface area contributed by atoms with E-state index in [-0.39, 0.29) is 23.6 Å². The lowest BCUT2D eigenvalue weighted by Gasteiger charge is -2.29. The van der Waals surface area contributed by atoms with E-state index in [0.717, 1.165) is 11.1 Å². The maximum atomic E-state index is 13.2. The second-order valence-electron chi connectivity index (χ2n) is 8.15. The molecule has 1 aliphatic heterocycles. The molecule has 1 aromatic carbocycles. The van der Waals surface area contributed by atoms with Gasteiger partial charge in [0.25, 0.3) is 5.91 Å². The van der Waals surface area contributed by atoms with Gasteiger partial charge in [-0.3, -0.25) is 9.59 Å². The molecule has 3 aromatic rings. The van der Waals surface area contributed by atoms with Crippen molar-refractivity contribution in [3.05, 3.63) is 64.7 Å². The minimum absolute atomic E-state index is 0.00715. The summed E-state index contributed by atoms with van der Waals surface area (Å²) in [5, 5.41) is 10.9. The number of aromatic nitrogens is 1. The predicted molar refractivity (Wildman–Crippen MR) is 116 cm³/mol. The van der Waals surface area contributed by atoms with Crippen molar-refractivity contribution in [3.63, 3.8) is 0 Å². The molecule has 0 saturated carbocycles. The second-order valence-corrected chi connectivity index (χ2v) is 8.93. The smallest absolute Gasteiger partial charge is 0.292 e. The van der Waals surface area contributed by atoms with Crippen LogP contribution >= 0.6 is 11.3 Å². The summed E-state index contributed by atoms with van der Waals surface area (Å²) in [7, 11) is 0. The van der Waals surface area contributed by atoms with Crippen LogP contribution in [0.2, 0.25) is 0 Å². The number of likely N-dealkylation sites (tertiary alicyclic amines) is 1. The Morgan fingerprint density at radius 1 is 1.20 bits per heavy atom. The first-order valence-corrected chi connectivity index (χ1v) is 11.0. The van der Waals surface area contributed by atoms with Gasteiger partial charge in [0.2, 0.25) is 11.7 Å². The van der Waals surface area contributed by atoms with Gasteiger partial charge < -0.3 is 14.7 Å². The highest BCUT2D eigenvalue weighted by Crippen LogP contribution is 2.36. The van der Waals surface area contributed by atoms with Gasteiger partial charge in [0.1, 0.15) is 0 Å². The molecule has 1 fully saturated rings. The lowest BCUT2D eigenvalue weighted by atomic mass is 9.79. The number of rotatable bonds is 6. The first-order valence-electron chi connectivity index (χ1n) is 10.1. The van der Waals surface area contributed by atoms with E-state index < -0.39 is 5.41 Å². The van der Waals surface area contributed by atoms with Gasteiger partial charge >= 0.3 is 0 Å². The van der Waals surface area contributed by atoms with E-state index in [1.165, 1.54) is 11.8 Å². The Bertz CT molecular complexity index is 997. The van der Waals surface area contributed by atoms with Gasteiger partial charge in [-0.2, -0.15) is 11.3 Å². The third kappa shape index (κ3) is 4.16. The molecule has 30 heavy (non-hydrogen) atoms. The summed E-state index contributed by atoms with van der Waals surface area (Å²) in [5.74, 6) is -0.0259. The molecule has 1 saturated heterocycles. The van der Waals surface area contributed by atoms with Crippen LogP contribution in [0, 0.1) is 5.41 Å². The molecule has 2 aromatic heterocycles. The predicted octanol–water partition coefficient (Wildman–Crippen LogP) is 4.00. The first-order chi connectivity index (χ1) is 14.5. The van der Waals surface area contributed by atoms with Crippen LogP contribution < -0.4 is 5.32 Å². The number of hydrogen-bond acceptors (Lipinski definition) is 5. The third-order valence-corrected chi connectivity index (χ3v) is 6.23. The van der Waals surface area contributed by atoms with E-state index in [2.05, 4.69) is 51.6 Å². The van der Waals surface area contributed by atoms with Crippen molar-refractivity contribution < 1.29 is 14.1 Å². The lowest BCUT2D eigenvalue weighted by molar-refractivity contribution is -0.130. The van der Waals surface area contributed by atoms with Crippen LogP contribution in [0.3, 0.4) is 0 Å². The molecule has 1 unspecified atom stereocenters. The largest absolute Gasteiger partial charge is 0.353 e. The summed E-state index contributed by atoms with van der Waals surface area (Å²) in [5.41, 5.74) is 2.78. The standard InChI is InChI=1S/C23H25N3O3S/c1-16(2)25-22(28)23(9-11-26(15-23)21(27)20-7-10-24-29-20)13-17-3-5-18(6-4-17)19-8-12-30-14-19/h3-8,10,12,14,16H,9,11,13,15H2,1-2H3,(H,25,28). The maximum Gasteiger partial charge on any atom is 0.292 e. The molecule has 1 aliphatic rings. The van der Waals surface area contributed by atoms with E-state index >= 15 is 0 Å². The zero-order valence-electron chi connectivity index (χ0n) is 17.1. The van der Waals surface area contributed by atoms with Crippen molar-refractivity contribution >= 4 is 23.2 Å². The van der Waals surface area contributed by atoms with Crippen molar-refractivity contribution in [2.24, 2.45) is 5.41 Å². The molecule has 6 nitrogen and oxygen atoms in total. The Labute approximate surface area is 179 Å². The Hall–Kier alpha value is -2.93. The lowest BCUT2D eigenvalue weighted by Crippen LogP contribution is -2.47. The SMILES string of the molecule is CC(C)NC(=O)C1(Cc2ccc(-c3ccsc3)cc2)CCN(C(=O)c2ccno2)C1. The van der Waals surface area contributed by atoms with Crippen LogP contribution in [-0.4, -0.2) is 41.0 Å². The van der Waals surface area contributed by atoms with Crippen LogP contribution in [0.4, 0.5) is 0 Å². The summed E-state index contributed by atoms with van der Waals surface area (Å²) < 4.78 is 5.03. The molecule has 4 rings (SSSR count). The molecule has 3 heterocycles. The molecule has 7 heteroatoms. The Morgan fingerprint density at radius 3 is 2.63 bits per heavy atom. The number of carbonyl (C=O) groups is 2. The quantitative estimate of drug-likeness (QED) is 0.650. The van der Waals surface area contributed by atoms with Crippen molar-refractivity contribution in [3.8, 4) is 11.1 Å². The summed E-state index contributed by atoms with van der Waals surface area (Å²) in [6, 6.07) is 12.0. The number of nitrogens with one attached hydrogen (secondary N) is 1. The molecule has 156 valence electrons. The highest BCUT2D eigenvalue weighted by atomic mass is 32.1. The fourth-order valence-corrected chi connectivity index (χ4v) is 4.65. The fraction of sp³-hybridized carbons (Fsp3) is 0.348. The molecule has 1 atom stereocenters. The van der Waals surface area contributed by atoms with E-state index in [1.807, 2.05) is 13.8 Å². The van der Waals surface area contributed by atoms with Gasteiger partial charge in [-0.15, -0.1) is 0 Å². The van der Waals surface area contributed by atoms with Crippen LogP contribution in [0.25, 0.3) is 11.1 Å². The van der Waals surface area contributed by atoms with Gasteiger partial charge in [-0.05, 0) is 60.2 Å². The van der Waals surface area contributed by atoms with E-state index in [0.29, 0.717) is 25.9 Å². The minimum Gasteiger partial charge on any atom is -0.353 e. The highest BCUT2D eigenvalue weighted by Gasteiger charge is 2.46. The first kappa shape index (κ1) is 20.3. The van der Waals surface area contributed by atoms with Crippen LogP contribution in [0.15, 0.2) is 57.9 Å². The molecule has 0 radical (unpaired) electrons. The van der Waals surface area contributed by atoms with Gasteiger partial charge in [-0.1, -0.05) is 29.4 Å². The zero-order chi connectivity index (χ0) is 21.1. The Balaban J connectivity index is 1.56. The Morgan fingerprint density at radius 2 is 2.00 bits per heavy atom. The van der Waals surface area contributed by atoms with Crippen LogP contribution in [-0.2, 0) is 11.2 Å². The summed E-state index contributed by atoms with van der Waals surface area (Å²) >= 11 is 1.67. The van der Waals surface area contributed by atoms with Gasteiger partial charge in [0.15, 0.2) is 0 Å². The number of carbonyl (C=O) groups excluding carboxylic acids is 2. The fourth-order valence-electron chi connectivity index (χ4n) is 3.99. The average molecular weight is 424 g/mol. The van der Waals surface area contributed by atoms with Crippen LogP contribution in [0.5, 0.6) is 0 Å². The second kappa shape index (κ2) is 8.44. The molecular weight excluding hydrogens is 398 g/mol. The zero-order valence-corrected chi connectivity index (χ0v) is 17.9. The van der Waals surface area contributed by atoms with Gasteiger partial charge in [0.05, 0.1) is 11.6 Å². The third-order valence-electron chi connectivity index (χ3n) is 5.54. The normalized spacial score (nSPS) is 18.7. The van der Waals surface area contributed by atoms with Gasteiger partial charge in [-0.25, -0.2) is 0 Å². The summed E-state index contributed by atoms with van der Waals surface area (Å²) in [6.45, 7) is 4.77. The van der Waals surface area contributed by atoms with Gasteiger partial charge in [0, 0.05) is 25.2 Å². The molecule has 0 bridgehead atoms. The van der Waals surface area contributed by atoms with Crippen molar-refractivity contribution in [2.75, 3.05) is 13.1 Å². The molecule has 2 amide bonds. The van der Waals surface area contributed by atoms with E-state index in [4.69, 9.17) is 4.52 Å². The molecular formula is C23H25N3O3S. The molecule has 0 spiro atoms. The number of amides is 2. The van der Waals surface area contributed by atoms with Crippen LogP contribution in [0.1, 0.15) is 36.4 Å². The van der Waals surface area contributed by atoms with Crippen molar-refractivity contribution in [1.29, 1.82) is 0 Å². The van der Waals surface area contributed by atoms with Crippen molar-refractivity contribution in [2.45, 2.75) is 32.7 Å². The number of hydrogen-bond donors (Lipinski definition) is 1. The molecule has 0 aliphatic carbocycles. The maximum absolute atomic E-state index is 13.2. The monoisotopic (exact) mass is 423 g/mol. The van der Waals surface area contributed by atoms with E-state index in [1.54, 1.807) is 22.3 Å².